The van der Waals surface area contributed by atoms with E-state index >= 15 is 0 Å². The smallest absolute Gasteiger partial charge is 0.266 e. The van der Waals surface area contributed by atoms with Crippen LogP contribution < -0.4 is 20.7 Å². The van der Waals surface area contributed by atoms with Gasteiger partial charge in [0.15, 0.2) is 5.11 Å². The van der Waals surface area contributed by atoms with Crippen molar-refractivity contribution in [2.75, 3.05) is 7.05 Å². The average Bonchev–Trinajstić information content (AvgIpc) is 2.95. The first-order chi connectivity index (χ1) is 13.6. The van der Waals surface area contributed by atoms with E-state index < -0.39 is 32.2 Å². The van der Waals surface area contributed by atoms with Gasteiger partial charge in [-0.2, -0.15) is 0 Å². The lowest BCUT2D eigenvalue weighted by molar-refractivity contribution is -0.128. The van der Waals surface area contributed by atoms with Crippen LogP contribution in [0.15, 0.2) is 34.9 Å². The van der Waals surface area contributed by atoms with Crippen LogP contribution in [0.5, 0.6) is 0 Å². The zero-order chi connectivity index (χ0) is 21.8. The van der Waals surface area contributed by atoms with E-state index in [-0.39, 0.29) is 17.4 Å². The molecule has 0 aromatic heterocycles. The predicted octanol–water partition coefficient (Wildman–Crippen LogP) is 1.22. The monoisotopic (exact) mass is 442 g/mol. The minimum absolute atomic E-state index is 0.184. The van der Waals surface area contributed by atoms with Gasteiger partial charge in [0.1, 0.15) is 10.7 Å². The highest BCUT2D eigenvalue weighted by Crippen LogP contribution is 2.42. The van der Waals surface area contributed by atoms with Gasteiger partial charge >= 0.3 is 0 Å². The number of nitrogens with one attached hydrogen (secondary N) is 4. The van der Waals surface area contributed by atoms with Gasteiger partial charge < -0.3 is 16.0 Å². The van der Waals surface area contributed by atoms with E-state index in [0.717, 1.165) is 17.7 Å². The molecule has 8 nitrogen and oxygen atoms in total. The number of benzene rings is 1. The first-order valence-corrected chi connectivity index (χ1v) is 10.7. The summed E-state index contributed by atoms with van der Waals surface area (Å²) in [4.78, 5) is 23.1. The zero-order valence-electron chi connectivity index (χ0n) is 16.2. The van der Waals surface area contributed by atoms with Gasteiger partial charge in [-0.05, 0) is 55.3 Å². The zero-order valence-corrected chi connectivity index (χ0v) is 17.8. The number of sulfonamides is 1. The normalized spacial score (nSPS) is 19.7. The number of carbonyl (C=O) groups is 2. The summed E-state index contributed by atoms with van der Waals surface area (Å²) in [5, 5.41) is 7.55. The van der Waals surface area contributed by atoms with Crippen molar-refractivity contribution in [3.05, 3.63) is 41.4 Å². The van der Waals surface area contributed by atoms with Crippen molar-refractivity contribution >= 4 is 39.7 Å². The molecule has 4 N–H and O–H groups in total. The van der Waals surface area contributed by atoms with Gasteiger partial charge in [-0.1, -0.05) is 13.0 Å². The minimum Gasteiger partial charge on any atom is -0.365 e. The van der Waals surface area contributed by atoms with Crippen molar-refractivity contribution in [1.82, 2.24) is 20.7 Å². The van der Waals surface area contributed by atoms with Crippen LogP contribution in [-0.2, 0) is 19.6 Å². The number of rotatable bonds is 8. The highest BCUT2D eigenvalue weighted by molar-refractivity contribution is 7.91. The molecule has 1 heterocycles. The van der Waals surface area contributed by atoms with Crippen LogP contribution >= 0.6 is 12.2 Å². The summed E-state index contributed by atoms with van der Waals surface area (Å²) in [5.41, 5.74) is 0.285. The second-order valence-corrected chi connectivity index (χ2v) is 8.71. The Labute approximate surface area is 174 Å². The van der Waals surface area contributed by atoms with Crippen molar-refractivity contribution in [2.24, 2.45) is 5.41 Å². The summed E-state index contributed by atoms with van der Waals surface area (Å²) in [5.74, 6) is -1.17. The Kier molecular flexibility index (Phi) is 6.96. The quantitative estimate of drug-likeness (QED) is 0.355. The first kappa shape index (κ1) is 22.8. The Bertz CT molecular complexity index is 965. The molecule has 2 rings (SSSR count). The van der Waals surface area contributed by atoms with E-state index in [4.69, 9.17) is 12.2 Å². The Balaban J connectivity index is 2.47. The molecule has 0 bridgehead atoms. The number of carbonyl (C=O) groups excluding carboxylic acids is 2. The molecule has 0 radical (unpaired) electrons. The Morgan fingerprint density at radius 3 is 2.62 bits per heavy atom. The third-order valence-corrected chi connectivity index (χ3v) is 6.94. The fourth-order valence-corrected chi connectivity index (χ4v) is 4.74. The largest absolute Gasteiger partial charge is 0.365 e. The van der Waals surface area contributed by atoms with Crippen molar-refractivity contribution in [3.8, 4) is 0 Å². The second kappa shape index (κ2) is 8.87. The highest BCUT2D eigenvalue weighted by Gasteiger charge is 2.43. The number of hydrogen-bond acceptors (Lipinski definition) is 5. The average molecular weight is 443 g/mol. The van der Waals surface area contributed by atoms with Gasteiger partial charge in [0, 0.05) is 13.2 Å². The summed E-state index contributed by atoms with van der Waals surface area (Å²) >= 11 is 4.79. The van der Waals surface area contributed by atoms with Crippen LogP contribution in [0.1, 0.15) is 38.3 Å². The predicted molar refractivity (Wildman–Crippen MR) is 110 cm³/mol. The maximum Gasteiger partial charge on any atom is 0.266 e. The molecule has 0 fully saturated rings. The number of halogens is 1. The summed E-state index contributed by atoms with van der Waals surface area (Å²) in [6.07, 6.45) is 2.74. The van der Waals surface area contributed by atoms with Crippen molar-refractivity contribution in [1.29, 1.82) is 0 Å². The van der Waals surface area contributed by atoms with Crippen LogP contribution in [0.2, 0.25) is 0 Å². The van der Waals surface area contributed by atoms with Crippen LogP contribution in [0, 0.1) is 11.2 Å². The maximum atomic E-state index is 14.3. The van der Waals surface area contributed by atoms with Gasteiger partial charge in [-0.3, -0.25) is 14.3 Å². The van der Waals surface area contributed by atoms with Gasteiger partial charge in [0.05, 0.1) is 11.5 Å². The molecule has 1 aromatic carbocycles. The molecule has 0 aliphatic carbocycles. The lowest BCUT2D eigenvalue weighted by atomic mass is 9.73. The number of hydrogen-bond donors (Lipinski definition) is 4. The van der Waals surface area contributed by atoms with E-state index in [2.05, 4.69) is 20.7 Å². The summed E-state index contributed by atoms with van der Waals surface area (Å²) in [6, 6.07) is 2.79. The maximum absolute atomic E-state index is 14.3. The molecule has 1 aliphatic heterocycles. The van der Waals surface area contributed by atoms with E-state index in [0.29, 0.717) is 18.4 Å². The molecule has 0 spiro atoms. The van der Waals surface area contributed by atoms with Gasteiger partial charge in [-0.15, -0.1) is 0 Å². The van der Waals surface area contributed by atoms with Crippen LogP contribution in [-0.4, -0.2) is 32.9 Å². The van der Waals surface area contributed by atoms with E-state index in [1.165, 1.54) is 13.1 Å². The molecule has 158 valence electrons. The molecule has 11 heteroatoms. The molecule has 29 heavy (non-hydrogen) atoms. The third-order valence-electron chi connectivity index (χ3n) is 5.14. The second-order valence-electron chi connectivity index (χ2n) is 6.65. The highest BCUT2D eigenvalue weighted by atomic mass is 32.2. The first-order valence-electron chi connectivity index (χ1n) is 8.83. The molecule has 1 aliphatic rings. The number of amides is 2. The fraction of sp³-hybridized carbons (Fsp3) is 0.389. The van der Waals surface area contributed by atoms with Gasteiger partial charge in [-0.25, -0.2) is 12.8 Å². The van der Waals surface area contributed by atoms with Gasteiger partial charge in [0.2, 0.25) is 12.3 Å². The third kappa shape index (κ3) is 4.56. The summed E-state index contributed by atoms with van der Waals surface area (Å²) in [6.45, 7) is 3.66. The summed E-state index contributed by atoms with van der Waals surface area (Å²) < 4.78 is 41.3. The molecule has 2 amide bonds. The molecular formula is C18H23FN4O4S2. The SMILES string of the molecule is CCC1(CC(NC=O)c2ccc(F)c(S(=O)(=O)NC(=S)NC)c2)C(=O)NC=C1C. The van der Waals surface area contributed by atoms with E-state index in [1.54, 1.807) is 6.20 Å². The Morgan fingerprint density at radius 1 is 1.41 bits per heavy atom. The standard InChI is InChI=1S/C18H23FN4O4S2/c1-4-18(11(2)9-21-16(18)25)8-14(22-10-24)12-5-6-13(19)15(7-12)29(26,27)23-17(28)20-3/h5-7,9-10,14H,4,8H2,1-3H3,(H,21,25)(H,22,24)(H2,20,23,28). The molecule has 1 aromatic rings. The number of thiocarbonyl (C=S) groups is 1. The van der Waals surface area contributed by atoms with Crippen molar-refractivity contribution < 1.29 is 22.4 Å². The van der Waals surface area contributed by atoms with E-state index in [9.17, 15) is 22.4 Å². The molecular weight excluding hydrogens is 419 g/mol. The summed E-state index contributed by atoms with van der Waals surface area (Å²) in [7, 11) is -2.85. The van der Waals surface area contributed by atoms with Crippen LogP contribution in [0.4, 0.5) is 4.39 Å². The Hall–Kier alpha value is -2.53. The van der Waals surface area contributed by atoms with Gasteiger partial charge in [0.25, 0.3) is 10.0 Å². The molecule has 0 saturated carbocycles. The molecule has 2 atom stereocenters. The Morgan fingerprint density at radius 2 is 2.10 bits per heavy atom. The lowest BCUT2D eigenvalue weighted by Crippen LogP contribution is -2.38. The van der Waals surface area contributed by atoms with E-state index in [1.807, 2.05) is 13.8 Å². The molecule has 2 unspecified atom stereocenters. The van der Waals surface area contributed by atoms with Crippen LogP contribution in [0.25, 0.3) is 0 Å². The topological polar surface area (TPSA) is 116 Å². The minimum atomic E-state index is -4.28. The van der Waals surface area contributed by atoms with Crippen molar-refractivity contribution in [3.63, 3.8) is 0 Å². The van der Waals surface area contributed by atoms with Crippen LogP contribution in [0.3, 0.4) is 0 Å². The fourth-order valence-electron chi connectivity index (χ4n) is 3.34. The molecule has 0 saturated heterocycles. The lowest BCUT2D eigenvalue weighted by Gasteiger charge is -2.31. The van der Waals surface area contributed by atoms with Crippen molar-refractivity contribution in [2.45, 2.75) is 37.6 Å².